The maximum absolute atomic E-state index is 4.62. The molecule has 0 fully saturated rings. The normalized spacial score (nSPS) is 11.9. The second kappa shape index (κ2) is 3.57. The molecule has 0 spiro atoms. The number of nitrogens with zero attached hydrogens (tertiary/aromatic N) is 2. The Morgan fingerprint density at radius 1 is 1.31 bits per heavy atom. The molecule has 3 rings (SSSR count). The number of aromatic nitrogens is 2. The fraction of sp³-hybridized carbons (Fsp3) is 0.250. The molecule has 0 saturated heterocycles. The monoisotopic (exact) mass is 232 g/mol. The van der Waals surface area contributed by atoms with Gasteiger partial charge in [-0.05, 0) is 12.1 Å². The first-order valence-corrected chi connectivity index (χ1v) is 6.26. The minimum Gasteiger partial charge on any atom is -0.335 e. The highest BCUT2D eigenvalue weighted by Crippen LogP contribution is 2.22. The lowest BCUT2D eigenvalue weighted by Crippen LogP contribution is -3.04. The van der Waals surface area contributed by atoms with Crippen molar-refractivity contribution in [2.45, 2.75) is 6.54 Å². The zero-order valence-corrected chi connectivity index (χ0v) is 10.2. The predicted molar refractivity (Wildman–Crippen MR) is 67.1 cm³/mol. The summed E-state index contributed by atoms with van der Waals surface area (Å²) in [5, 5.41) is 2.21. The third-order valence-electron chi connectivity index (χ3n) is 2.65. The molecule has 16 heavy (non-hydrogen) atoms. The summed E-state index contributed by atoms with van der Waals surface area (Å²) in [5.74, 6) is 0. The van der Waals surface area contributed by atoms with Crippen LogP contribution in [0.4, 0.5) is 0 Å². The van der Waals surface area contributed by atoms with Crippen molar-refractivity contribution in [3.05, 3.63) is 35.3 Å². The van der Waals surface area contributed by atoms with Crippen LogP contribution in [0.15, 0.2) is 29.6 Å². The van der Waals surface area contributed by atoms with Crippen molar-refractivity contribution in [3.63, 3.8) is 0 Å². The maximum atomic E-state index is 4.62. The van der Waals surface area contributed by atoms with E-state index in [9.17, 15) is 0 Å². The van der Waals surface area contributed by atoms with E-state index in [1.807, 2.05) is 6.07 Å². The SMILES string of the molecule is C[NH+](C)Cc1csc2nc3ccccc3n12. The number of quaternary nitrogens is 1. The molecule has 1 aromatic carbocycles. The lowest BCUT2D eigenvalue weighted by molar-refractivity contribution is -0.873. The Labute approximate surface area is 97.9 Å². The highest BCUT2D eigenvalue weighted by atomic mass is 32.1. The number of para-hydroxylation sites is 2. The Kier molecular flexibility index (Phi) is 2.19. The van der Waals surface area contributed by atoms with Crippen molar-refractivity contribution in [1.29, 1.82) is 0 Å². The highest BCUT2D eigenvalue weighted by molar-refractivity contribution is 7.15. The van der Waals surface area contributed by atoms with Crippen LogP contribution in [0.25, 0.3) is 16.0 Å². The van der Waals surface area contributed by atoms with E-state index in [0.29, 0.717) is 0 Å². The third kappa shape index (κ3) is 1.42. The molecule has 0 saturated carbocycles. The summed E-state index contributed by atoms with van der Waals surface area (Å²) in [6, 6.07) is 8.31. The van der Waals surface area contributed by atoms with Crippen LogP contribution in [-0.4, -0.2) is 23.5 Å². The van der Waals surface area contributed by atoms with Gasteiger partial charge in [0.2, 0.25) is 0 Å². The molecule has 0 aliphatic carbocycles. The predicted octanol–water partition coefficient (Wildman–Crippen LogP) is 1.19. The van der Waals surface area contributed by atoms with E-state index in [1.54, 1.807) is 11.3 Å². The minimum absolute atomic E-state index is 1.03. The van der Waals surface area contributed by atoms with Crippen molar-refractivity contribution >= 4 is 27.3 Å². The molecule has 0 unspecified atom stereocenters. The average molecular weight is 232 g/mol. The molecule has 3 aromatic rings. The summed E-state index contributed by atoms with van der Waals surface area (Å²) in [5.41, 5.74) is 3.65. The first-order chi connectivity index (χ1) is 7.75. The second-order valence-corrected chi connectivity index (χ2v) is 5.17. The van der Waals surface area contributed by atoms with Crippen LogP contribution < -0.4 is 4.90 Å². The smallest absolute Gasteiger partial charge is 0.195 e. The molecule has 0 aliphatic rings. The summed E-state index contributed by atoms with van der Waals surface area (Å²) in [4.78, 5) is 7.14. The van der Waals surface area contributed by atoms with E-state index < -0.39 is 0 Å². The van der Waals surface area contributed by atoms with Crippen molar-refractivity contribution < 1.29 is 4.90 Å². The molecule has 2 aromatic heterocycles. The zero-order valence-electron chi connectivity index (χ0n) is 9.40. The molecule has 3 nitrogen and oxygen atoms in total. The number of nitrogens with one attached hydrogen (secondary N) is 1. The molecule has 0 bridgehead atoms. The Hall–Kier alpha value is -1.39. The third-order valence-corrected chi connectivity index (χ3v) is 3.53. The molecule has 0 atom stereocenters. The zero-order chi connectivity index (χ0) is 11.1. The van der Waals surface area contributed by atoms with E-state index in [0.717, 1.165) is 17.0 Å². The number of fused-ring (bicyclic) bond motifs is 3. The number of hydrogen-bond acceptors (Lipinski definition) is 2. The van der Waals surface area contributed by atoms with Gasteiger partial charge in [-0.15, -0.1) is 11.3 Å². The fourth-order valence-electron chi connectivity index (χ4n) is 2.02. The standard InChI is InChI=1S/C12H13N3S/c1-14(2)7-9-8-16-12-13-10-5-3-4-6-11(10)15(9)12/h3-6,8H,7H2,1-2H3/p+1. The summed E-state index contributed by atoms with van der Waals surface area (Å²) in [6.45, 7) is 1.03. The molecule has 2 heterocycles. The number of benzene rings is 1. The van der Waals surface area contributed by atoms with Gasteiger partial charge in [0.1, 0.15) is 6.54 Å². The van der Waals surface area contributed by atoms with E-state index in [2.05, 4.69) is 47.1 Å². The van der Waals surface area contributed by atoms with Gasteiger partial charge < -0.3 is 4.90 Å². The largest absolute Gasteiger partial charge is 0.335 e. The molecular weight excluding hydrogens is 218 g/mol. The van der Waals surface area contributed by atoms with E-state index >= 15 is 0 Å². The van der Waals surface area contributed by atoms with E-state index in [4.69, 9.17) is 0 Å². The Morgan fingerprint density at radius 3 is 2.94 bits per heavy atom. The maximum Gasteiger partial charge on any atom is 0.195 e. The van der Waals surface area contributed by atoms with Gasteiger partial charge in [-0.3, -0.25) is 4.40 Å². The van der Waals surface area contributed by atoms with Gasteiger partial charge in [0.25, 0.3) is 0 Å². The van der Waals surface area contributed by atoms with Crippen LogP contribution in [0.2, 0.25) is 0 Å². The van der Waals surface area contributed by atoms with Gasteiger partial charge in [0.05, 0.1) is 30.8 Å². The second-order valence-electron chi connectivity index (χ2n) is 4.33. The number of hydrogen-bond donors (Lipinski definition) is 1. The van der Waals surface area contributed by atoms with E-state index in [-0.39, 0.29) is 0 Å². The number of thiazole rings is 1. The van der Waals surface area contributed by atoms with Crippen LogP contribution in [-0.2, 0) is 6.54 Å². The lowest BCUT2D eigenvalue weighted by atomic mass is 10.3. The summed E-state index contributed by atoms with van der Waals surface area (Å²) in [7, 11) is 4.34. The lowest BCUT2D eigenvalue weighted by Gasteiger charge is -2.05. The summed E-state index contributed by atoms with van der Waals surface area (Å²) < 4.78 is 2.27. The van der Waals surface area contributed by atoms with Crippen LogP contribution in [0.5, 0.6) is 0 Å². The topological polar surface area (TPSA) is 21.7 Å². The van der Waals surface area contributed by atoms with Gasteiger partial charge in [-0.25, -0.2) is 4.98 Å². The summed E-state index contributed by atoms with van der Waals surface area (Å²) in [6.07, 6.45) is 0. The first kappa shape index (κ1) is 9.81. The van der Waals surface area contributed by atoms with Gasteiger partial charge in [-0.1, -0.05) is 12.1 Å². The number of rotatable bonds is 2. The number of imidazole rings is 1. The van der Waals surface area contributed by atoms with Crippen LogP contribution in [0.1, 0.15) is 5.69 Å². The average Bonchev–Trinajstić information content (AvgIpc) is 2.77. The van der Waals surface area contributed by atoms with Gasteiger partial charge in [0, 0.05) is 5.38 Å². The van der Waals surface area contributed by atoms with Gasteiger partial charge in [0.15, 0.2) is 4.96 Å². The molecule has 0 radical (unpaired) electrons. The van der Waals surface area contributed by atoms with Crippen LogP contribution in [0.3, 0.4) is 0 Å². The van der Waals surface area contributed by atoms with Crippen molar-refractivity contribution in [1.82, 2.24) is 9.38 Å². The molecule has 1 N–H and O–H groups in total. The highest BCUT2D eigenvalue weighted by Gasteiger charge is 2.11. The quantitative estimate of drug-likeness (QED) is 0.704. The fourth-order valence-corrected chi connectivity index (χ4v) is 2.92. The van der Waals surface area contributed by atoms with Gasteiger partial charge in [-0.2, -0.15) is 0 Å². The van der Waals surface area contributed by atoms with E-state index in [1.165, 1.54) is 16.1 Å². The van der Waals surface area contributed by atoms with Crippen LogP contribution >= 0.6 is 11.3 Å². The Bertz CT molecular complexity index is 636. The molecule has 0 aliphatic heterocycles. The first-order valence-electron chi connectivity index (χ1n) is 5.38. The Morgan fingerprint density at radius 2 is 2.12 bits per heavy atom. The van der Waals surface area contributed by atoms with Crippen molar-refractivity contribution in [2.24, 2.45) is 0 Å². The minimum atomic E-state index is 1.03. The molecular formula is C12H14N3S+. The summed E-state index contributed by atoms with van der Waals surface area (Å²) >= 11 is 1.72. The molecule has 4 heteroatoms. The molecule has 82 valence electrons. The van der Waals surface area contributed by atoms with Crippen molar-refractivity contribution in [2.75, 3.05) is 14.1 Å². The van der Waals surface area contributed by atoms with Gasteiger partial charge >= 0.3 is 0 Å². The molecule has 0 amide bonds. The Balaban J connectivity index is 2.30. The van der Waals surface area contributed by atoms with Crippen molar-refractivity contribution in [3.8, 4) is 0 Å². The van der Waals surface area contributed by atoms with Crippen LogP contribution in [0, 0.1) is 0 Å².